The molecule has 1 aromatic carbocycles. The summed E-state index contributed by atoms with van der Waals surface area (Å²) in [5.74, 6) is 2.56. The van der Waals surface area contributed by atoms with E-state index < -0.39 is 5.60 Å². The third-order valence-corrected chi connectivity index (χ3v) is 8.17. The van der Waals surface area contributed by atoms with E-state index in [1.807, 2.05) is 6.07 Å². The fourth-order valence-electron chi connectivity index (χ4n) is 6.77. The van der Waals surface area contributed by atoms with Crippen molar-refractivity contribution in [1.82, 2.24) is 4.90 Å². The highest BCUT2D eigenvalue weighted by Crippen LogP contribution is 2.58. The molecule has 7 aliphatic rings. The van der Waals surface area contributed by atoms with Gasteiger partial charge in [-0.15, -0.1) is 0 Å². The van der Waals surface area contributed by atoms with Crippen LogP contribution in [-0.2, 0) is 16.0 Å². The predicted molar refractivity (Wildman–Crippen MR) is 106 cm³/mol. The van der Waals surface area contributed by atoms with Gasteiger partial charge in [-0.2, -0.15) is 0 Å². The van der Waals surface area contributed by atoms with E-state index in [9.17, 15) is 4.79 Å². The lowest BCUT2D eigenvalue weighted by Crippen LogP contribution is -2.61. The van der Waals surface area contributed by atoms with Crippen LogP contribution in [0.4, 0.5) is 0 Å². The topological polar surface area (TPSA) is 48.0 Å². The van der Waals surface area contributed by atoms with Crippen LogP contribution in [-0.4, -0.2) is 56.2 Å². The summed E-state index contributed by atoms with van der Waals surface area (Å²) in [6, 6.07) is 4.74. The first kappa shape index (κ1) is 18.4. The molecule has 0 N–H and O–H groups in total. The summed E-state index contributed by atoms with van der Waals surface area (Å²) in [6.07, 6.45) is 4.77. The largest absolute Gasteiger partial charge is 0.493 e. The molecule has 152 valence electrons. The number of carbonyl (C=O) groups is 1. The van der Waals surface area contributed by atoms with Crippen LogP contribution >= 0.6 is 0 Å². The zero-order valence-electron chi connectivity index (χ0n) is 17.4. The minimum atomic E-state index is -0.550. The van der Waals surface area contributed by atoms with Gasteiger partial charge in [-0.3, -0.25) is 4.79 Å². The Bertz CT molecular complexity index is 808. The minimum Gasteiger partial charge on any atom is -0.493 e. The van der Waals surface area contributed by atoms with Crippen molar-refractivity contribution in [2.75, 3.05) is 27.8 Å². The second-order valence-electron chi connectivity index (χ2n) is 9.21. The van der Waals surface area contributed by atoms with Crippen LogP contribution in [0.2, 0.25) is 0 Å². The SMILES string of the molecule is COc1ccc2c3c1OC1C3CCN(C)C(C2)C2CCC1(OC)C(C(C)=O)C2. The van der Waals surface area contributed by atoms with Crippen molar-refractivity contribution in [3.63, 3.8) is 0 Å². The summed E-state index contributed by atoms with van der Waals surface area (Å²) in [5.41, 5.74) is 2.15. The first-order valence-corrected chi connectivity index (χ1v) is 10.6. The van der Waals surface area contributed by atoms with Crippen LogP contribution in [0.15, 0.2) is 12.1 Å². The van der Waals surface area contributed by atoms with Crippen molar-refractivity contribution >= 4 is 5.78 Å². The van der Waals surface area contributed by atoms with Crippen LogP contribution in [0.25, 0.3) is 0 Å². The van der Waals surface area contributed by atoms with Crippen LogP contribution in [0, 0.1) is 11.8 Å². The van der Waals surface area contributed by atoms with E-state index in [0.29, 0.717) is 12.0 Å². The number of rotatable bonds is 3. The van der Waals surface area contributed by atoms with Gasteiger partial charge in [0.05, 0.1) is 13.0 Å². The molecule has 6 bridgehead atoms. The van der Waals surface area contributed by atoms with E-state index in [-0.39, 0.29) is 23.7 Å². The molecule has 0 aromatic heterocycles. The average molecular weight is 386 g/mol. The number of likely N-dealkylation sites (N-methyl/N-ethyl adjacent to an activating group) is 1. The van der Waals surface area contributed by atoms with Gasteiger partial charge in [0.2, 0.25) is 0 Å². The van der Waals surface area contributed by atoms with Crippen LogP contribution in [0.5, 0.6) is 11.5 Å². The van der Waals surface area contributed by atoms with Gasteiger partial charge in [-0.25, -0.2) is 0 Å². The highest BCUT2D eigenvalue weighted by atomic mass is 16.6. The maximum Gasteiger partial charge on any atom is 0.165 e. The Labute approximate surface area is 167 Å². The summed E-state index contributed by atoms with van der Waals surface area (Å²) in [6.45, 7) is 2.78. The summed E-state index contributed by atoms with van der Waals surface area (Å²) in [4.78, 5) is 15.4. The number of methoxy groups -OCH3 is 2. The monoisotopic (exact) mass is 385 g/mol. The molecule has 28 heavy (non-hydrogen) atoms. The number of carbonyl (C=O) groups excluding carboxylic acids is 1. The van der Waals surface area contributed by atoms with Crippen LogP contribution < -0.4 is 9.47 Å². The van der Waals surface area contributed by atoms with Crippen molar-refractivity contribution in [2.24, 2.45) is 11.8 Å². The summed E-state index contributed by atoms with van der Waals surface area (Å²) in [5, 5.41) is 0. The number of hydrogen-bond donors (Lipinski definition) is 0. The van der Waals surface area contributed by atoms with Gasteiger partial charge >= 0.3 is 0 Å². The maximum absolute atomic E-state index is 12.8. The Morgan fingerprint density at radius 1 is 1.29 bits per heavy atom. The van der Waals surface area contributed by atoms with E-state index in [1.54, 1.807) is 21.1 Å². The van der Waals surface area contributed by atoms with Crippen molar-refractivity contribution in [2.45, 2.75) is 62.7 Å². The highest BCUT2D eigenvalue weighted by molar-refractivity contribution is 5.80. The molecule has 3 fully saturated rings. The van der Waals surface area contributed by atoms with Gasteiger partial charge in [0.15, 0.2) is 11.5 Å². The number of hydrogen-bond acceptors (Lipinski definition) is 5. The molecule has 3 aliphatic carbocycles. The molecule has 6 atom stereocenters. The molecule has 1 saturated carbocycles. The highest BCUT2D eigenvalue weighted by Gasteiger charge is 2.60. The standard InChI is InChI=1S/C23H31NO4/c1-13(25)17-11-14-7-9-23(17,27-4)22-16-8-10-24(2)18(14)12-15-5-6-19(26-3)21(28-22)20(15)16/h5-6,14,16-18,22H,7-12H2,1-4H3. The average Bonchev–Trinajstić information content (AvgIpc) is 3.08. The number of benzene rings is 1. The van der Waals surface area contributed by atoms with E-state index in [4.69, 9.17) is 14.2 Å². The fourth-order valence-corrected chi connectivity index (χ4v) is 6.77. The van der Waals surface area contributed by atoms with Crippen molar-refractivity contribution < 1.29 is 19.0 Å². The normalized spacial score (nSPS) is 38.8. The second kappa shape index (κ2) is 6.46. The van der Waals surface area contributed by atoms with Crippen molar-refractivity contribution in [1.29, 1.82) is 0 Å². The van der Waals surface area contributed by atoms with Crippen LogP contribution in [0.3, 0.4) is 0 Å². The molecule has 5 nitrogen and oxygen atoms in total. The van der Waals surface area contributed by atoms with Gasteiger partial charge in [0.25, 0.3) is 0 Å². The Kier molecular flexibility index (Phi) is 4.25. The van der Waals surface area contributed by atoms with Gasteiger partial charge in [0.1, 0.15) is 17.5 Å². The molecule has 4 aliphatic heterocycles. The molecule has 5 heteroatoms. The summed E-state index contributed by atoms with van der Waals surface area (Å²) in [7, 11) is 5.74. The third kappa shape index (κ3) is 2.35. The van der Waals surface area contributed by atoms with Crippen LogP contribution in [0.1, 0.15) is 49.7 Å². The first-order chi connectivity index (χ1) is 13.5. The zero-order valence-corrected chi connectivity index (χ0v) is 17.4. The molecular weight excluding hydrogens is 354 g/mol. The number of nitrogens with zero attached hydrogens (tertiary/aromatic N) is 1. The van der Waals surface area contributed by atoms with Crippen molar-refractivity contribution in [3.05, 3.63) is 23.3 Å². The molecule has 0 spiro atoms. The number of ketones is 1. The maximum atomic E-state index is 12.8. The van der Waals surface area contributed by atoms with Gasteiger partial charge in [0, 0.05) is 24.6 Å². The molecule has 2 saturated heterocycles. The van der Waals surface area contributed by atoms with Gasteiger partial charge < -0.3 is 19.1 Å². The molecule has 4 heterocycles. The van der Waals surface area contributed by atoms with Gasteiger partial charge in [-0.05, 0) is 70.2 Å². The second-order valence-corrected chi connectivity index (χ2v) is 9.21. The molecular formula is C23H31NO4. The molecule has 0 amide bonds. The molecule has 8 rings (SSSR count). The minimum absolute atomic E-state index is 0.111. The zero-order chi connectivity index (χ0) is 19.6. The predicted octanol–water partition coefficient (Wildman–Crippen LogP) is 3.19. The van der Waals surface area contributed by atoms with E-state index in [2.05, 4.69) is 18.0 Å². The number of ether oxygens (including phenoxy) is 3. The molecule has 1 aromatic rings. The Morgan fingerprint density at radius 2 is 2.11 bits per heavy atom. The van der Waals surface area contributed by atoms with E-state index in [0.717, 1.165) is 50.1 Å². The Hall–Kier alpha value is -1.59. The molecule has 0 radical (unpaired) electrons. The number of Topliss-reactive ketones (excluding diaryl/α,β-unsaturated/α-hetero) is 1. The quantitative estimate of drug-likeness (QED) is 0.800. The van der Waals surface area contributed by atoms with Crippen molar-refractivity contribution in [3.8, 4) is 11.5 Å². The van der Waals surface area contributed by atoms with Gasteiger partial charge in [-0.1, -0.05) is 6.07 Å². The Balaban J connectivity index is 1.76. The summed E-state index contributed by atoms with van der Waals surface area (Å²) < 4.78 is 18.6. The fraction of sp³-hybridized carbons (Fsp3) is 0.696. The Morgan fingerprint density at radius 3 is 2.82 bits per heavy atom. The lowest BCUT2D eigenvalue weighted by atomic mass is 9.60. The van der Waals surface area contributed by atoms with E-state index >= 15 is 0 Å². The van der Waals surface area contributed by atoms with E-state index in [1.165, 1.54) is 11.1 Å². The first-order valence-electron chi connectivity index (χ1n) is 10.6. The lowest BCUT2D eigenvalue weighted by Gasteiger charge is -2.52. The smallest absolute Gasteiger partial charge is 0.165 e. The summed E-state index contributed by atoms with van der Waals surface area (Å²) >= 11 is 0. The third-order valence-electron chi connectivity index (χ3n) is 8.17. The molecule has 6 unspecified atom stereocenters. The lowest BCUT2D eigenvalue weighted by molar-refractivity contribution is -0.173.